The lowest BCUT2D eigenvalue weighted by molar-refractivity contribution is -0.153. The Balaban J connectivity index is 1.98. The molecule has 1 amide bonds. The van der Waals surface area contributed by atoms with Gasteiger partial charge in [-0.25, -0.2) is 0 Å². The number of amides is 1. The van der Waals surface area contributed by atoms with Gasteiger partial charge in [-0.15, -0.1) is 0 Å². The number of ketones is 2. The van der Waals surface area contributed by atoms with Crippen LogP contribution in [0.3, 0.4) is 0 Å². The summed E-state index contributed by atoms with van der Waals surface area (Å²) in [6, 6.07) is 1.89. The van der Waals surface area contributed by atoms with Crippen molar-refractivity contribution in [2.24, 2.45) is 17.6 Å². The van der Waals surface area contributed by atoms with E-state index in [1.54, 1.807) is 20.2 Å². The van der Waals surface area contributed by atoms with E-state index >= 15 is 0 Å². The van der Waals surface area contributed by atoms with Crippen molar-refractivity contribution in [3.8, 4) is 17.6 Å². The topological polar surface area (TPSA) is 161 Å². The summed E-state index contributed by atoms with van der Waals surface area (Å²) < 4.78 is 0. The molecule has 0 saturated heterocycles. The summed E-state index contributed by atoms with van der Waals surface area (Å²) in [5.74, 6) is -0.706. The van der Waals surface area contributed by atoms with Crippen molar-refractivity contribution >= 4 is 23.2 Å². The van der Waals surface area contributed by atoms with Crippen molar-refractivity contribution < 1.29 is 34.8 Å². The molecule has 4 rings (SSSR count). The van der Waals surface area contributed by atoms with Gasteiger partial charge in [0.1, 0.15) is 22.8 Å². The zero-order valence-electron chi connectivity index (χ0n) is 19.0. The van der Waals surface area contributed by atoms with E-state index in [1.165, 1.54) is 11.0 Å². The summed E-state index contributed by atoms with van der Waals surface area (Å²) in [5.41, 5.74) is 2.86. The first-order valence-electron chi connectivity index (χ1n) is 10.9. The first kappa shape index (κ1) is 23.5. The number of hydrogen-bond acceptors (Lipinski definition) is 8. The predicted molar refractivity (Wildman–Crippen MR) is 121 cm³/mol. The summed E-state index contributed by atoms with van der Waals surface area (Å²) >= 11 is 0. The van der Waals surface area contributed by atoms with Crippen LogP contribution in [0.4, 0.5) is 0 Å². The minimum Gasteiger partial charge on any atom is -0.508 e. The maximum absolute atomic E-state index is 13.7. The van der Waals surface area contributed by atoms with E-state index in [0.29, 0.717) is 17.5 Å². The summed E-state index contributed by atoms with van der Waals surface area (Å²) in [5, 5.41) is 44.0. The third kappa shape index (κ3) is 3.06. The second-order valence-corrected chi connectivity index (χ2v) is 9.10. The Hall–Kier alpha value is -3.61. The molecule has 178 valence electrons. The van der Waals surface area contributed by atoms with Crippen molar-refractivity contribution in [1.82, 2.24) is 4.90 Å². The summed E-state index contributed by atoms with van der Waals surface area (Å²) in [6.45, 7) is 1.89. The summed E-state index contributed by atoms with van der Waals surface area (Å²) in [6.07, 6.45) is 0.860. The van der Waals surface area contributed by atoms with Crippen LogP contribution >= 0.6 is 0 Å². The molecule has 34 heavy (non-hydrogen) atoms. The van der Waals surface area contributed by atoms with Gasteiger partial charge in [0.25, 0.3) is 5.91 Å². The highest BCUT2D eigenvalue weighted by atomic mass is 16.3. The molecule has 4 atom stereocenters. The second kappa shape index (κ2) is 8.01. The Morgan fingerprint density at radius 2 is 1.91 bits per heavy atom. The van der Waals surface area contributed by atoms with Gasteiger partial charge in [-0.2, -0.15) is 0 Å². The van der Waals surface area contributed by atoms with E-state index in [2.05, 4.69) is 11.8 Å². The van der Waals surface area contributed by atoms with Gasteiger partial charge in [0.15, 0.2) is 11.4 Å². The number of nitrogens with two attached hydrogens (primary N) is 1. The van der Waals surface area contributed by atoms with Crippen molar-refractivity contribution in [1.29, 1.82) is 0 Å². The van der Waals surface area contributed by atoms with Gasteiger partial charge in [0.05, 0.1) is 11.6 Å². The fourth-order valence-corrected chi connectivity index (χ4v) is 5.54. The van der Waals surface area contributed by atoms with Gasteiger partial charge in [-0.3, -0.25) is 19.3 Å². The number of benzene rings is 1. The Morgan fingerprint density at radius 1 is 1.24 bits per heavy atom. The number of phenolic OH excluding ortho intramolecular Hbond substituents is 1. The normalized spacial score (nSPS) is 28.2. The number of carbonyl (C=O) groups is 3. The third-order valence-corrected chi connectivity index (χ3v) is 7.00. The maximum Gasteiger partial charge on any atom is 0.255 e. The van der Waals surface area contributed by atoms with Crippen LogP contribution in [0.1, 0.15) is 36.5 Å². The molecule has 0 radical (unpaired) electrons. The molecule has 1 aromatic carbocycles. The van der Waals surface area contributed by atoms with Crippen molar-refractivity contribution in [3.63, 3.8) is 0 Å². The number of phenols is 1. The lowest BCUT2D eigenvalue weighted by atomic mass is 9.57. The number of hydrogen-bond donors (Lipinski definition) is 5. The van der Waals surface area contributed by atoms with Gasteiger partial charge in [0, 0.05) is 23.5 Å². The monoisotopic (exact) mass is 466 g/mol. The van der Waals surface area contributed by atoms with Crippen LogP contribution in [0.15, 0.2) is 29.0 Å². The van der Waals surface area contributed by atoms with Gasteiger partial charge in [0.2, 0.25) is 5.78 Å². The number of aliphatic hydroxyl groups is 3. The van der Waals surface area contributed by atoms with Gasteiger partial charge >= 0.3 is 0 Å². The molecular formula is C25H26N2O7. The van der Waals surface area contributed by atoms with Crippen LogP contribution in [0.5, 0.6) is 5.75 Å². The molecule has 3 aliphatic carbocycles. The molecule has 0 unspecified atom stereocenters. The first-order valence-corrected chi connectivity index (χ1v) is 10.9. The molecule has 0 bridgehead atoms. The molecule has 9 nitrogen and oxygen atoms in total. The minimum absolute atomic E-state index is 0.0409. The summed E-state index contributed by atoms with van der Waals surface area (Å²) in [7, 11) is 3.12. The average Bonchev–Trinajstić information content (AvgIpc) is 2.75. The molecule has 0 aromatic heterocycles. The number of aromatic hydroxyl groups is 1. The molecule has 1 aromatic rings. The van der Waals surface area contributed by atoms with E-state index in [0.717, 1.165) is 0 Å². The fraction of sp³-hybridized carbons (Fsp3) is 0.400. The van der Waals surface area contributed by atoms with Crippen molar-refractivity contribution in [3.05, 3.63) is 45.7 Å². The standard InChI is InChI=1S/C25H26N2O7/c1-4-5-6-11-7-8-15(28)17-13(11)9-12-10-14-19(27(2)3)21(30)18(24(26)33)23(32)25(14,34)22(31)16(12)20(17)29/h7-8,12,14,19,28-29,32,34H,4,9-10H2,1-3H3,(H2,26,33)/t12-,14+,19+,25-/m0/s1. The molecule has 9 heteroatoms. The van der Waals surface area contributed by atoms with Crippen LogP contribution in [-0.2, 0) is 20.8 Å². The number of aliphatic hydroxyl groups excluding tert-OH is 2. The molecule has 6 N–H and O–H groups in total. The van der Waals surface area contributed by atoms with Crippen LogP contribution < -0.4 is 5.73 Å². The Bertz CT molecular complexity index is 1260. The molecular weight excluding hydrogens is 440 g/mol. The number of primary amides is 1. The van der Waals surface area contributed by atoms with Crippen LogP contribution in [0, 0.1) is 23.7 Å². The highest BCUT2D eigenvalue weighted by Gasteiger charge is 2.64. The zero-order chi connectivity index (χ0) is 25.1. The molecule has 0 heterocycles. The van der Waals surface area contributed by atoms with Crippen molar-refractivity contribution in [2.75, 3.05) is 14.1 Å². The fourth-order valence-electron chi connectivity index (χ4n) is 5.54. The number of rotatable bonds is 2. The average molecular weight is 466 g/mol. The number of carbonyl (C=O) groups excluding carboxylic acids is 3. The quantitative estimate of drug-likeness (QED) is 0.315. The lowest BCUT2D eigenvalue weighted by Crippen LogP contribution is -2.65. The smallest absolute Gasteiger partial charge is 0.255 e. The van der Waals surface area contributed by atoms with E-state index in [1.807, 2.05) is 6.92 Å². The highest BCUT2D eigenvalue weighted by Crippen LogP contribution is 2.52. The first-order chi connectivity index (χ1) is 16.0. The number of fused-ring (bicyclic) bond motifs is 3. The maximum atomic E-state index is 13.7. The molecule has 1 saturated carbocycles. The SMILES string of the molecule is CCC#Cc1ccc(O)c2c1C[C@H]1C[C@@H]3[C@@H](N(C)C)C(=O)C(C(N)=O)=C(O)[C@@]3(O)C(=O)C1=C2O. The van der Waals surface area contributed by atoms with Crippen LogP contribution in [0.2, 0.25) is 0 Å². The Kier molecular flexibility index (Phi) is 5.55. The third-order valence-electron chi connectivity index (χ3n) is 7.00. The molecule has 0 aliphatic heterocycles. The number of Topliss-reactive ketones (excluding diaryl/α,β-unsaturated/α-hetero) is 2. The minimum atomic E-state index is -2.64. The van der Waals surface area contributed by atoms with E-state index < -0.39 is 58.0 Å². The zero-order valence-corrected chi connectivity index (χ0v) is 19.0. The Labute approximate surface area is 196 Å². The second-order valence-electron chi connectivity index (χ2n) is 9.10. The molecule has 3 aliphatic rings. The number of nitrogens with zero attached hydrogens (tertiary/aromatic N) is 1. The summed E-state index contributed by atoms with van der Waals surface area (Å²) in [4.78, 5) is 40.2. The van der Waals surface area contributed by atoms with Crippen molar-refractivity contribution in [2.45, 2.75) is 37.8 Å². The lowest BCUT2D eigenvalue weighted by Gasteiger charge is -2.50. The number of likely N-dealkylation sites (N-methyl/N-ethyl adjacent to an activating group) is 1. The molecule has 0 spiro atoms. The molecule has 1 fully saturated rings. The highest BCUT2D eigenvalue weighted by molar-refractivity contribution is 6.24. The van der Waals surface area contributed by atoms with Crippen LogP contribution in [-0.4, -0.2) is 68.5 Å². The van der Waals surface area contributed by atoms with Gasteiger partial charge in [-0.1, -0.05) is 18.8 Å². The van der Waals surface area contributed by atoms with E-state index in [-0.39, 0.29) is 29.7 Å². The predicted octanol–water partition coefficient (Wildman–Crippen LogP) is 0.725. The Morgan fingerprint density at radius 3 is 2.50 bits per heavy atom. The van der Waals surface area contributed by atoms with E-state index in [9.17, 15) is 34.8 Å². The van der Waals surface area contributed by atoms with Crippen LogP contribution in [0.25, 0.3) is 5.76 Å². The van der Waals surface area contributed by atoms with E-state index in [4.69, 9.17) is 5.73 Å². The van der Waals surface area contributed by atoms with Gasteiger partial charge < -0.3 is 26.2 Å². The van der Waals surface area contributed by atoms with Gasteiger partial charge in [-0.05, 0) is 50.6 Å². The largest absolute Gasteiger partial charge is 0.508 e.